The molecule has 0 aliphatic heterocycles. The third kappa shape index (κ3) is 3.33. The Bertz CT molecular complexity index is 429. The number of hydrogen-bond acceptors (Lipinski definition) is 2. The van der Waals surface area contributed by atoms with Crippen molar-refractivity contribution in [3.05, 3.63) is 34.9 Å². The Kier molecular flexibility index (Phi) is 4.37. The van der Waals surface area contributed by atoms with Crippen LogP contribution in [-0.4, -0.2) is 17.6 Å². The highest BCUT2D eigenvalue weighted by Crippen LogP contribution is 2.24. The van der Waals surface area contributed by atoms with E-state index in [4.69, 9.17) is 5.11 Å². The van der Waals surface area contributed by atoms with E-state index in [9.17, 15) is 4.79 Å². The molecule has 0 heterocycles. The number of fused-ring (bicyclic) bond motifs is 1. The minimum Gasteiger partial charge on any atom is -0.481 e. The van der Waals surface area contributed by atoms with Gasteiger partial charge in [-0.25, -0.2) is 0 Å². The van der Waals surface area contributed by atoms with Crippen LogP contribution in [0.15, 0.2) is 18.2 Å². The van der Waals surface area contributed by atoms with Crippen LogP contribution in [0, 0.1) is 0 Å². The molecule has 1 atom stereocenters. The van der Waals surface area contributed by atoms with Crippen LogP contribution in [0.1, 0.15) is 48.9 Å². The highest BCUT2D eigenvalue weighted by molar-refractivity contribution is 5.66. The van der Waals surface area contributed by atoms with E-state index in [0.29, 0.717) is 6.54 Å². The van der Waals surface area contributed by atoms with Crippen LogP contribution in [0.5, 0.6) is 0 Å². The van der Waals surface area contributed by atoms with Gasteiger partial charge in [-0.2, -0.15) is 0 Å². The summed E-state index contributed by atoms with van der Waals surface area (Å²) < 4.78 is 0. The van der Waals surface area contributed by atoms with Crippen molar-refractivity contribution in [1.82, 2.24) is 5.32 Å². The number of nitrogens with one attached hydrogen (secondary N) is 1. The van der Waals surface area contributed by atoms with E-state index in [1.807, 2.05) is 0 Å². The second-order valence-corrected chi connectivity index (χ2v) is 5.05. The van der Waals surface area contributed by atoms with E-state index in [-0.39, 0.29) is 12.5 Å². The number of carboxylic acid groups (broad SMARTS) is 1. The quantitative estimate of drug-likeness (QED) is 0.841. The molecule has 0 fully saturated rings. The van der Waals surface area contributed by atoms with E-state index in [0.717, 1.165) is 0 Å². The molecule has 2 rings (SSSR count). The number of aryl methyl sites for hydroxylation is 2. The molecule has 18 heavy (non-hydrogen) atoms. The van der Waals surface area contributed by atoms with Gasteiger partial charge < -0.3 is 10.4 Å². The summed E-state index contributed by atoms with van der Waals surface area (Å²) in [5, 5.41) is 11.9. The Morgan fingerprint density at radius 2 is 2.06 bits per heavy atom. The lowest BCUT2D eigenvalue weighted by Gasteiger charge is -2.19. The van der Waals surface area contributed by atoms with E-state index < -0.39 is 5.97 Å². The first-order chi connectivity index (χ1) is 8.66. The molecule has 0 aromatic heterocycles. The third-order valence-corrected chi connectivity index (χ3v) is 3.66. The summed E-state index contributed by atoms with van der Waals surface area (Å²) in [7, 11) is 0. The normalized spacial score (nSPS) is 16.1. The fourth-order valence-corrected chi connectivity index (χ4v) is 2.54. The van der Waals surface area contributed by atoms with Crippen molar-refractivity contribution < 1.29 is 9.90 Å². The summed E-state index contributed by atoms with van der Waals surface area (Å²) in [5.74, 6) is -0.750. The Morgan fingerprint density at radius 1 is 1.33 bits per heavy atom. The van der Waals surface area contributed by atoms with Crippen molar-refractivity contribution in [2.75, 3.05) is 6.54 Å². The van der Waals surface area contributed by atoms with Gasteiger partial charge in [0.2, 0.25) is 0 Å². The van der Waals surface area contributed by atoms with E-state index in [2.05, 4.69) is 30.4 Å². The fraction of sp³-hybridized carbons (Fsp3) is 0.533. The fourth-order valence-electron chi connectivity index (χ4n) is 2.54. The van der Waals surface area contributed by atoms with Gasteiger partial charge in [0.25, 0.3) is 0 Å². The molecule has 1 aromatic carbocycles. The number of carbonyl (C=O) groups is 1. The Morgan fingerprint density at radius 3 is 2.78 bits per heavy atom. The monoisotopic (exact) mass is 247 g/mol. The smallest absolute Gasteiger partial charge is 0.304 e. The zero-order valence-electron chi connectivity index (χ0n) is 10.9. The highest BCUT2D eigenvalue weighted by Gasteiger charge is 2.12. The minimum absolute atomic E-state index is 0.176. The summed E-state index contributed by atoms with van der Waals surface area (Å²) in [6.07, 6.45) is 5.16. The Hall–Kier alpha value is -1.35. The van der Waals surface area contributed by atoms with Gasteiger partial charge in [0.15, 0.2) is 0 Å². The van der Waals surface area contributed by atoms with Crippen molar-refractivity contribution in [1.29, 1.82) is 0 Å². The lowest BCUT2D eigenvalue weighted by Crippen LogP contribution is -2.22. The van der Waals surface area contributed by atoms with Crippen LogP contribution in [0.3, 0.4) is 0 Å². The zero-order chi connectivity index (χ0) is 13.0. The van der Waals surface area contributed by atoms with Gasteiger partial charge in [-0.3, -0.25) is 4.79 Å². The largest absolute Gasteiger partial charge is 0.481 e. The first kappa shape index (κ1) is 13.1. The molecule has 0 amide bonds. The molecule has 3 nitrogen and oxygen atoms in total. The first-order valence-corrected chi connectivity index (χ1v) is 6.73. The Labute approximate surface area is 108 Å². The average Bonchev–Trinajstić information content (AvgIpc) is 2.37. The van der Waals surface area contributed by atoms with Crippen molar-refractivity contribution in [3.63, 3.8) is 0 Å². The maximum Gasteiger partial charge on any atom is 0.304 e. The van der Waals surface area contributed by atoms with Gasteiger partial charge >= 0.3 is 5.97 Å². The van der Waals surface area contributed by atoms with E-state index in [1.54, 1.807) is 0 Å². The SMILES string of the molecule is CC(NCCC(=O)O)c1ccc2c(c1)CCCC2. The first-order valence-electron chi connectivity index (χ1n) is 6.73. The second kappa shape index (κ2) is 6.01. The van der Waals surface area contributed by atoms with Crippen LogP contribution in [0.4, 0.5) is 0 Å². The Balaban J connectivity index is 1.97. The second-order valence-electron chi connectivity index (χ2n) is 5.05. The summed E-state index contributed by atoms with van der Waals surface area (Å²) in [4.78, 5) is 10.5. The number of hydrogen-bond donors (Lipinski definition) is 2. The molecule has 0 spiro atoms. The van der Waals surface area contributed by atoms with Crippen LogP contribution < -0.4 is 5.32 Å². The topological polar surface area (TPSA) is 49.3 Å². The molecular weight excluding hydrogens is 226 g/mol. The lowest BCUT2D eigenvalue weighted by atomic mass is 9.89. The molecule has 0 saturated heterocycles. The third-order valence-electron chi connectivity index (χ3n) is 3.66. The van der Waals surface area contributed by atoms with Gasteiger partial charge in [-0.15, -0.1) is 0 Å². The molecule has 0 saturated carbocycles. The predicted octanol–water partition coefficient (Wildman–Crippen LogP) is 2.69. The standard InChI is InChI=1S/C15H21NO2/c1-11(16-9-8-15(17)18)13-7-6-12-4-2-3-5-14(12)10-13/h6-7,10-11,16H,2-5,8-9H2,1H3,(H,17,18). The molecule has 0 bridgehead atoms. The zero-order valence-corrected chi connectivity index (χ0v) is 10.9. The van der Waals surface area contributed by atoms with Gasteiger partial charge in [-0.05, 0) is 49.3 Å². The molecule has 3 heteroatoms. The van der Waals surface area contributed by atoms with Gasteiger partial charge in [0.1, 0.15) is 0 Å². The van der Waals surface area contributed by atoms with Crippen molar-refractivity contribution in [3.8, 4) is 0 Å². The molecule has 1 aliphatic rings. The predicted molar refractivity (Wildman–Crippen MR) is 71.8 cm³/mol. The van der Waals surface area contributed by atoms with Gasteiger partial charge in [-0.1, -0.05) is 18.2 Å². The molecule has 0 radical (unpaired) electrons. The number of benzene rings is 1. The summed E-state index contributed by atoms with van der Waals surface area (Å²) in [5.41, 5.74) is 4.23. The molecule has 2 N–H and O–H groups in total. The minimum atomic E-state index is -0.750. The number of rotatable bonds is 5. The van der Waals surface area contributed by atoms with E-state index in [1.165, 1.54) is 42.4 Å². The van der Waals surface area contributed by atoms with E-state index >= 15 is 0 Å². The molecule has 98 valence electrons. The van der Waals surface area contributed by atoms with Crippen LogP contribution in [0.2, 0.25) is 0 Å². The summed E-state index contributed by atoms with van der Waals surface area (Å²) in [6.45, 7) is 2.61. The molecule has 1 aromatic rings. The summed E-state index contributed by atoms with van der Waals surface area (Å²) >= 11 is 0. The van der Waals surface area contributed by atoms with Crippen molar-refractivity contribution in [2.45, 2.75) is 45.1 Å². The van der Waals surface area contributed by atoms with Crippen LogP contribution in [0.25, 0.3) is 0 Å². The van der Waals surface area contributed by atoms with Crippen molar-refractivity contribution >= 4 is 5.97 Å². The van der Waals surface area contributed by atoms with Gasteiger partial charge in [0, 0.05) is 12.6 Å². The van der Waals surface area contributed by atoms with Crippen LogP contribution >= 0.6 is 0 Å². The molecular formula is C15H21NO2. The lowest BCUT2D eigenvalue weighted by molar-refractivity contribution is -0.136. The number of carboxylic acids is 1. The average molecular weight is 247 g/mol. The molecule has 1 unspecified atom stereocenters. The number of aliphatic carboxylic acids is 1. The summed E-state index contributed by atoms with van der Waals surface area (Å²) in [6, 6.07) is 6.91. The maximum absolute atomic E-state index is 10.5. The van der Waals surface area contributed by atoms with Gasteiger partial charge in [0.05, 0.1) is 6.42 Å². The highest BCUT2D eigenvalue weighted by atomic mass is 16.4. The maximum atomic E-state index is 10.5. The van der Waals surface area contributed by atoms with Crippen molar-refractivity contribution in [2.24, 2.45) is 0 Å². The van der Waals surface area contributed by atoms with Crippen LogP contribution in [-0.2, 0) is 17.6 Å². The molecule has 1 aliphatic carbocycles.